The van der Waals surface area contributed by atoms with Gasteiger partial charge in [-0.15, -0.1) is 11.6 Å². The number of nitrogens with one attached hydrogen (secondary N) is 1. The fraction of sp³-hybridized carbons (Fsp3) is 0.550. The Labute approximate surface area is 154 Å². The first-order valence-corrected chi connectivity index (χ1v) is 9.38. The monoisotopic (exact) mass is 362 g/mol. The summed E-state index contributed by atoms with van der Waals surface area (Å²) in [5.74, 6) is 1.48. The molecule has 1 aliphatic rings. The van der Waals surface area contributed by atoms with Crippen molar-refractivity contribution in [3.05, 3.63) is 30.0 Å². The highest BCUT2D eigenvalue weighted by molar-refractivity contribution is 6.23. The highest BCUT2D eigenvalue weighted by Gasteiger charge is 2.26. The summed E-state index contributed by atoms with van der Waals surface area (Å²) in [6.45, 7) is 5.76. The minimum atomic E-state index is -0.167. The van der Waals surface area contributed by atoms with Crippen LogP contribution < -0.4 is 4.74 Å². The molecule has 2 aromatic rings. The number of ether oxygens (including phenoxy) is 1. The number of carbonyl (C=O) groups excluding carboxylic acids is 1. The number of fused-ring (bicyclic) bond motifs is 1. The van der Waals surface area contributed by atoms with Gasteiger partial charge in [-0.1, -0.05) is 0 Å². The molecule has 5 heteroatoms. The van der Waals surface area contributed by atoms with Gasteiger partial charge in [0.1, 0.15) is 11.4 Å². The third-order valence-electron chi connectivity index (χ3n) is 4.97. The second kappa shape index (κ2) is 7.28. The number of hydrogen-bond donors (Lipinski definition) is 1. The average Bonchev–Trinajstić information content (AvgIpc) is 2.85. The van der Waals surface area contributed by atoms with E-state index in [9.17, 15) is 4.79 Å². The zero-order valence-electron chi connectivity index (χ0n) is 15.3. The Kier molecular flexibility index (Phi) is 5.28. The van der Waals surface area contributed by atoms with Crippen molar-refractivity contribution in [2.45, 2.75) is 44.4 Å². The van der Waals surface area contributed by atoms with E-state index < -0.39 is 0 Å². The van der Waals surface area contributed by atoms with Crippen LogP contribution in [0.2, 0.25) is 0 Å². The second-order valence-corrected chi connectivity index (χ2v) is 8.67. The van der Waals surface area contributed by atoms with Gasteiger partial charge in [0.25, 0.3) is 5.91 Å². The predicted octanol–water partition coefficient (Wildman–Crippen LogP) is 4.83. The van der Waals surface area contributed by atoms with Crippen molar-refractivity contribution >= 4 is 28.4 Å². The molecule has 1 fully saturated rings. The fourth-order valence-corrected chi connectivity index (χ4v) is 4.00. The number of methoxy groups -OCH3 is 1. The molecule has 25 heavy (non-hydrogen) atoms. The van der Waals surface area contributed by atoms with Gasteiger partial charge in [0.05, 0.1) is 7.11 Å². The Bertz CT molecular complexity index is 748. The topological polar surface area (TPSA) is 45.3 Å². The number of likely N-dealkylation sites (tertiary alicyclic amines) is 1. The second-order valence-electron chi connectivity index (χ2n) is 7.65. The van der Waals surface area contributed by atoms with E-state index in [1.165, 1.54) is 0 Å². The summed E-state index contributed by atoms with van der Waals surface area (Å²) in [4.78, 5) is 18.0. The largest absolute Gasteiger partial charge is 0.497 e. The molecule has 1 unspecified atom stereocenters. The van der Waals surface area contributed by atoms with Crippen molar-refractivity contribution in [1.29, 1.82) is 0 Å². The number of nitrogens with zero attached hydrogens (tertiary/aromatic N) is 1. The van der Waals surface area contributed by atoms with Crippen LogP contribution in [0.15, 0.2) is 24.3 Å². The van der Waals surface area contributed by atoms with Gasteiger partial charge < -0.3 is 14.6 Å². The third-order valence-corrected chi connectivity index (χ3v) is 5.12. The van der Waals surface area contributed by atoms with E-state index in [0.717, 1.165) is 55.4 Å². The molecule has 1 aromatic carbocycles. The van der Waals surface area contributed by atoms with Crippen molar-refractivity contribution in [2.24, 2.45) is 5.92 Å². The Hall–Kier alpha value is -1.68. The van der Waals surface area contributed by atoms with E-state index >= 15 is 0 Å². The summed E-state index contributed by atoms with van der Waals surface area (Å²) in [6.07, 6.45) is 4.21. The summed E-state index contributed by atoms with van der Waals surface area (Å²) in [6, 6.07) is 7.72. The van der Waals surface area contributed by atoms with Crippen LogP contribution in [0, 0.1) is 5.92 Å². The molecule has 1 N–H and O–H groups in total. The Morgan fingerprint density at radius 3 is 2.84 bits per heavy atom. The van der Waals surface area contributed by atoms with E-state index in [1.54, 1.807) is 7.11 Å². The number of carbonyl (C=O) groups is 1. The van der Waals surface area contributed by atoms with Crippen molar-refractivity contribution in [1.82, 2.24) is 9.88 Å². The van der Waals surface area contributed by atoms with Crippen LogP contribution in [0.5, 0.6) is 5.75 Å². The lowest BCUT2D eigenvalue weighted by Gasteiger charge is -2.23. The molecule has 1 aromatic heterocycles. The maximum Gasteiger partial charge on any atom is 0.270 e. The van der Waals surface area contributed by atoms with Gasteiger partial charge in [-0.05, 0) is 69.7 Å². The molecule has 0 spiro atoms. The molecule has 0 radical (unpaired) electrons. The number of aromatic nitrogens is 1. The molecule has 1 amide bonds. The number of halogens is 1. The fourth-order valence-electron chi connectivity index (χ4n) is 3.78. The van der Waals surface area contributed by atoms with Crippen molar-refractivity contribution in [3.8, 4) is 5.75 Å². The van der Waals surface area contributed by atoms with Crippen molar-refractivity contribution in [2.75, 3.05) is 20.2 Å². The van der Waals surface area contributed by atoms with Gasteiger partial charge in [0.2, 0.25) is 0 Å². The molecule has 2 heterocycles. The lowest BCUT2D eigenvalue weighted by molar-refractivity contribution is 0.0755. The summed E-state index contributed by atoms with van der Waals surface area (Å²) in [7, 11) is 1.65. The summed E-state index contributed by atoms with van der Waals surface area (Å²) in [5, 5.41) is 0.999. The van der Waals surface area contributed by atoms with Gasteiger partial charge >= 0.3 is 0 Å². The third kappa shape index (κ3) is 4.49. The first-order valence-electron chi connectivity index (χ1n) is 9.01. The molecule has 0 aliphatic carbocycles. The molecular formula is C20H27ClN2O2. The van der Waals surface area contributed by atoms with Crippen molar-refractivity contribution < 1.29 is 9.53 Å². The van der Waals surface area contributed by atoms with Crippen molar-refractivity contribution in [3.63, 3.8) is 0 Å². The molecule has 1 aliphatic heterocycles. The number of aromatic amines is 1. The standard InChI is InChI=1S/C20H27ClN2O2/c1-20(2,21)13-14-5-4-9-23(10-8-14)19(24)18-12-15-11-16(25-3)6-7-17(15)22-18/h6-7,11-12,14,22H,4-5,8-10,13H2,1-3H3. The van der Waals surface area contributed by atoms with Gasteiger partial charge in [-0.25, -0.2) is 0 Å². The minimum absolute atomic E-state index is 0.0842. The highest BCUT2D eigenvalue weighted by Crippen LogP contribution is 2.30. The Morgan fingerprint density at radius 2 is 2.12 bits per heavy atom. The number of amides is 1. The molecule has 0 bridgehead atoms. The summed E-state index contributed by atoms with van der Waals surface area (Å²) < 4.78 is 5.26. The van der Waals surface area contributed by atoms with E-state index in [4.69, 9.17) is 16.3 Å². The predicted molar refractivity (Wildman–Crippen MR) is 103 cm³/mol. The van der Waals surface area contributed by atoms with E-state index in [-0.39, 0.29) is 10.8 Å². The number of rotatable bonds is 4. The summed E-state index contributed by atoms with van der Waals surface area (Å²) >= 11 is 6.39. The van der Waals surface area contributed by atoms with Crippen LogP contribution in [0.1, 0.15) is 50.0 Å². The number of hydrogen-bond acceptors (Lipinski definition) is 2. The smallest absolute Gasteiger partial charge is 0.270 e. The van der Waals surface area contributed by atoms with Gasteiger partial charge in [0.15, 0.2) is 0 Å². The molecule has 1 saturated heterocycles. The van der Waals surface area contributed by atoms with Crippen LogP contribution in [0.4, 0.5) is 0 Å². The lowest BCUT2D eigenvalue weighted by atomic mass is 9.90. The van der Waals surface area contributed by atoms with Gasteiger partial charge in [-0.3, -0.25) is 4.79 Å². The molecular weight excluding hydrogens is 336 g/mol. The maximum absolute atomic E-state index is 12.9. The quantitative estimate of drug-likeness (QED) is 0.792. The lowest BCUT2D eigenvalue weighted by Crippen LogP contribution is -2.32. The van der Waals surface area contributed by atoms with Crippen LogP contribution >= 0.6 is 11.6 Å². The number of alkyl halides is 1. The first kappa shape index (κ1) is 18.1. The van der Waals surface area contributed by atoms with Crippen LogP contribution in [-0.2, 0) is 0 Å². The first-order chi connectivity index (χ1) is 11.9. The zero-order valence-corrected chi connectivity index (χ0v) is 16.0. The van der Waals surface area contributed by atoms with Gasteiger partial charge in [0, 0.05) is 28.9 Å². The molecule has 1 atom stereocenters. The minimum Gasteiger partial charge on any atom is -0.497 e. The Morgan fingerprint density at radius 1 is 1.32 bits per heavy atom. The summed E-state index contributed by atoms with van der Waals surface area (Å²) in [5.41, 5.74) is 1.61. The SMILES string of the molecule is COc1ccc2[nH]c(C(=O)N3CCCC(CC(C)(C)Cl)CC3)cc2c1. The normalized spacial score (nSPS) is 19.0. The van der Waals surface area contributed by atoms with Gasteiger partial charge in [-0.2, -0.15) is 0 Å². The molecule has 3 rings (SSSR count). The molecule has 4 nitrogen and oxygen atoms in total. The van der Waals surface area contributed by atoms with Crippen LogP contribution in [0.3, 0.4) is 0 Å². The van der Waals surface area contributed by atoms with Crippen LogP contribution in [0.25, 0.3) is 10.9 Å². The van der Waals surface area contributed by atoms with E-state index in [0.29, 0.717) is 11.6 Å². The molecule has 0 saturated carbocycles. The molecule has 136 valence electrons. The van der Waals surface area contributed by atoms with E-state index in [2.05, 4.69) is 18.8 Å². The van der Waals surface area contributed by atoms with E-state index in [1.807, 2.05) is 29.2 Å². The highest BCUT2D eigenvalue weighted by atomic mass is 35.5. The average molecular weight is 363 g/mol. The Balaban J connectivity index is 1.70. The number of benzene rings is 1. The van der Waals surface area contributed by atoms with Crippen LogP contribution in [-0.4, -0.2) is 40.9 Å². The maximum atomic E-state index is 12.9. The number of H-pyrrole nitrogens is 1. The zero-order chi connectivity index (χ0) is 18.0.